The summed E-state index contributed by atoms with van der Waals surface area (Å²) in [4.78, 5) is 26.3. The number of hydrogen-bond acceptors (Lipinski definition) is 3. The Morgan fingerprint density at radius 2 is 2.14 bits per heavy atom. The third kappa shape index (κ3) is 1.52. The Morgan fingerprint density at radius 1 is 1.41 bits per heavy atom. The van der Waals surface area contributed by atoms with Crippen LogP contribution in [0.25, 0.3) is 0 Å². The number of hydrogen-bond donors (Lipinski definition) is 1. The van der Waals surface area contributed by atoms with Crippen molar-refractivity contribution in [2.24, 2.45) is 11.3 Å². The highest BCUT2D eigenvalue weighted by atomic mass is 16.5. The van der Waals surface area contributed by atoms with Gasteiger partial charge in [0, 0.05) is 6.54 Å². The summed E-state index contributed by atoms with van der Waals surface area (Å²) < 4.78 is 5.94. The molecule has 3 aliphatic heterocycles. The molecule has 1 aromatic carbocycles. The van der Waals surface area contributed by atoms with Crippen LogP contribution in [-0.4, -0.2) is 40.1 Å². The zero-order chi connectivity index (χ0) is 15.5. The van der Waals surface area contributed by atoms with E-state index in [4.69, 9.17) is 4.74 Å². The van der Waals surface area contributed by atoms with E-state index in [1.54, 1.807) is 17.9 Å². The van der Waals surface area contributed by atoms with Crippen LogP contribution in [0.1, 0.15) is 12.5 Å². The average Bonchev–Trinajstić information content (AvgIpc) is 3.10. The van der Waals surface area contributed by atoms with Gasteiger partial charge < -0.3 is 14.7 Å². The predicted molar refractivity (Wildman–Crippen MR) is 77.8 cm³/mol. The smallest absolute Gasteiger partial charge is 0.313 e. The van der Waals surface area contributed by atoms with E-state index in [1.165, 1.54) is 0 Å². The summed E-state index contributed by atoms with van der Waals surface area (Å²) in [5, 5.41) is 9.65. The molecule has 0 radical (unpaired) electrons. The number of benzene rings is 1. The summed E-state index contributed by atoms with van der Waals surface area (Å²) in [7, 11) is 0. The highest BCUT2D eigenvalue weighted by Gasteiger charge is 2.72. The van der Waals surface area contributed by atoms with Crippen molar-refractivity contribution in [1.29, 1.82) is 0 Å². The van der Waals surface area contributed by atoms with Gasteiger partial charge in [-0.2, -0.15) is 0 Å². The molecular weight excluding hydrogens is 282 g/mol. The first-order valence-corrected chi connectivity index (χ1v) is 7.41. The molecule has 2 saturated heterocycles. The molecule has 1 amide bonds. The molecule has 5 heteroatoms. The molecule has 0 saturated carbocycles. The zero-order valence-electron chi connectivity index (χ0n) is 12.2. The van der Waals surface area contributed by atoms with Crippen LogP contribution in [0.2, 0.25) is 0 Å². The van der Waals surface area contributed by atoms with Crippen LogP contribution in [0, 0.1) is 11.3 Å². The van der Waals surface area contributed by atoms with Crippen molar-refractivity contribution in [1.82, 2.24) is 4.90 Å². The van der Waals surface area contributed by atoms with E-state index in [0.717, 1.165) is 5.56 Å². The van der Waals surface area contributed by atoms with Crippen LogP contribution in [0.5, 0.6) is 0 Å². The van der Waals surface area contributed by atoms with E-state index >= 15 is 0 Å². The molecule has 114 valence electrons. The van der Waals surface area contributed by atoms with Crippen molar-refractivity contribution in [3.05, 3.63) is 48.0 Å². The number of likely N-dealkylation sites (tertiary alicyclic amines) is 1. The number of amides is 1. The normalized spacial score (nSPS) is 38.6. The first-order chi connectivity index (χ1) is 10.5. The topological polar surface area (TPSA) is 66.8 Å². The largest absolute Gasteiger partial charge is 0.481 e. The molecule has 4 atom stereocenters. The molecule has 2 fully saturated rings. The Hall–Kier alpha value is -2.14. The Bertz CT molecular complexity index is 685. The van der Waals surface area contributed by atoms with Gasteiger partial charge >= 0.3 is 5.97 Å². The number of nitrogens with zero attached hydrogens (tertiary/aromatic N) is 1. The molecule has 22 heavy (non-hydrogen) atoms. The summed E-state index contributed by atoms with van der Waals surface area (Å²) in [6.45, 7) is 2.52. The van der Waals surface area contributed by atoms with E-state index in [-0.39, 0.29) is 5.91 Å². The summed E-state index contributed by atoms with van der Waals surface area (Å²) in [5.74, 6) is -1.74. The van der Waals surface area contributed by atoms with E-state index in [1.807, 2.05) is 36.4 Å². The molecule has 4 rings (SSSR count). The predicted octanol–water partition coefficient (Wildman–Crippen LogP) is 1.44. The second kappa shape index (κ2) is 4.20. The van der Waals surface area contributed by atoms with Crippen molar-refractivity contribution in [2.45, 2.75) is 25.2 Å². The first-order valence-electron chi connectivity index (χ1n) is 7.41. The highest BCUT2D eigenvalue weighted by molar-refractivity contribution is 5.93. The molecule has 1 spiro atoms. The lowest BCUT2D eigenvalue weighted by Gasteiger charge is -2.30. The summed E-state index contributed by atoms with van der Waals surface area (Å²) in [6.07, 6.45) is 3.16. The molecule has 1 N–H and O–H groups in total. The van der Waals surface area contributed by atoms with Crippen molar-refractivity contribution in [2.75, 3.05) is 6.54 Å². The Balaban J connectivity index is 1.68. The third-order valence-electron chi connectivity index (χ3n) is 5.25. The molecule has 5 nitrogen and oxygen atoms in total. The summed E-state index contributed by atoms with van der Waals surface area (Å²) >= 11 is 0. The van der Waals surface area contributed by atoms with Crippen molar-refractivity contribution in [3.63, 3.8) is 0 Å². The Morgan fingerprint density at radius 3 is 2.82 bits per heavy atom. The van der Waals surface area contributed by atoms with Gasteiger partial charge in [-0.3, -0.25) is 9.59 Å². The number of carbonyl (C=O) groups is 2. The maximum atomic E-state index is 12.8. The van der Waals surface area contributed by atoms with Gasteiger partial charge in [0.25, 0.3) is 0 Å². The fourth-order valence-corrected chi connectivity index (χ4v) is 4.11. The maximum Gasteiger partial charge on any atom is 0.313 e. The molecule has 0 aromatic heterocycles. The standard InChI is InChI=1S/C17H17NO4/c1-16(15(20)21)12-7-8-17(22-12)10-18(14(19)13(16)17)9-11-5-3-2-4-6-11/h2-8,12-13H,9-10H2,1H3,(H,20,21)/t12-,13-,16-,17+/m1/s1. The fraction of sp³-hybridized carbons (Fsp3) is 0.412. The van der Waals surface area contributed by atoms with Gasteiger partial charge in [-0.1, -0.05) is 42.5 Å². The van der Waals surface area contributed by atoms with Crippen LogP contribution in [0.4, 0.5) is 0 Å². The number of carboxylic acids is 1. The quantitative estimate of drug-likeness (QED) is 0.858. The maximum absolute atomic E-state index is 12.8. The third-order valence-corrected chi connectivity index (χ3v) is 5.25. The monoisotopic (exact) mass is 299 g/mol. The SMILES string of the molecule is C[C@]1(C(=O)O)[C@H]2C(=O)N(Cc3ccccc3)C[C@@]23C=C[C@H]1O3. The van der Waals surface area contributed by atoms with Crippen LogP contribution in [0.15, 0.2) is 42.5 Å². The Kier molecular flexibility index (Phi) is 2.58. The van der Waals surface area contributed by atoms with Gasteiger partial charge in [-0.15, -0.1) is 0 Å². The molecule has 3 aliphatic rings. The Labute approximate surface area is 128 Å². The van der Waals surface area contributed by atoms with Crippen molar-refractivity contribution < 1.29 is 19.4 Å². The molecule has 1 aromatic rings. The number of carbonyl (C=O) groups excluding carboxylic acids is 1. The van der Waals surface area contributed by atoms with Crippen LogP contribution >= 0.6 is 0 Å². The first kappa shape index (κ1) is 13.5. The minimum atomic E-state index is -1.18. The molecule has 3 heterocycles. The minimum absolute atomic E-state index is 0.124. The van der Waals surface area contributed by atoms with Gasteiger partial charge in [0.05, 0.1) is 18.6 Å². The van der Waals surface area contributed by atoms with Gasteiger partial charge in [-0.25, -0.2) is 0 Å². The van der Waals surface area contributed by atoms with Gasteiger partial charge in [0.1, 0.15) is 11.0 Å². The second-order valence-corrected chi connectivity index (χ2v) is 6.55. The van der Waals surface area contributed by atoms with Crippen LogP contribution in [0.3, 0.4) is 0 Å². The number of ether oxygens (including phenoxy) is 1. The van der Waals surface area contributed by atoms with E-state index in [0.29, 0.717) is 13.1 Å². The van der Waals surface area contributed by atoms with Crippen molar-refractivity contribution in [3.8, 4) is 0 Å². The summed E-state index contributed by atoms with van der Waals surface area (Å²) in [6, 6.07) is 9.71. The van der Waals surface area contributed by atoms with Crippen LogP contribution in [-0.2, 0) is 20.9 Å². The van der Waals surface area contributed by atoms with Gasteiger partial charge in [0.2, 0.25) is 5.91 Å². The van der Waals surface area contributed by atoms with Gasteiger partial charge in [-0.05, 0) is 12.5 Å². The second-order valence-electron chi connectivity index (χ2n) is 6.55. The lowest BCUT2D eigenvalue weighted by Crippen LogP contribution is -2.47. The lowest BCUT2D eigenvalue weighted by atomic mass is 9.66. The number of carboxylic acid groups (broad SMARTS) is 1. The molecular formula is C17H17NO4. The molecule has 2 bridgehead atoms. The highest BCUT2D eigenvalue weighted by Crippen LogP contribution is 2.58. The lowest BCUT2D eigenvalue weighted by molar-refractivity contribution is -0.156. The number of fused-ring (bicyclic) bond motifs is 1. The van der Waals surface area contributed by atoms with E-state index < -0.39 is 29.0 Å². The molecule has 0 aliphatic carbocycles. The number of aliphatic carboxylic acids is 1. The zero-order valence-corrected chi connectivity index (χ0v) is 12.2. The number of rotatable bonds is 3. The minimum Gasteiger partial charge on any atom is -0.481 e. The fourth-order valence-electron chi connectivity index (χ4n) is 4.11. The van der Waals surface area contributed by atoms with Crippen LogP contribution < -0.4 is 0 Å². The molecule has 0 unspecified atom stereocenters. The van der Waals surface area contributed by atoms with Gasteiger partial charge in [0.15, 0.2) is 0 Å². The van der Waals surface area contributed by atoms with E-state index in [9.17, 15) is 14.7 Å². The van der Waals surface area contributed by atoms with E-state index in [2.05, 4.69) is 0 Å². The van der Waals surface area contributed by atoms with Crippen molar-refractivity contribution >= 4 is 11.9 Å². The average molecular weight is 299 g/mol. The summed E-state index contributed by atoms with van der Waals surface area (Å²) in [5.41, 5.74) is -0.927.